The van der Waals surface area contributed by atoms with Gasteiger partial charge in [0.15, 0.2) is 0 Å². The second-order valence-corrected chi connectivity index (χ2v) is 7.27. The van der Waals surface area contributed by atoms with Crippen LogP contribution in [0.3, 0.4) is 0 Å². The van der Waals surface area contributed by atoms with E-state index in [9.17, 15) is 8.42 Å². The average molecular weight is 276 g/mol. The van der Waals surface area contributed by atoms with Crippen LogP contribution >= 0.6 is 0 Å². The monoisotopic (exact) mass is 276 g/mol. The molecule has 5 heteroatoms. The van der Waals surface area contributed by atoms with Gasteiger partial charge in [-0.15, -0.1) is 0 Å². The van der Waals surface area contributed by atoms with Gasteiger partial charge in [0, 0.05) is 12.6 Å². The molecule has 0 aromatic rings. The van der Waals surface area contributed by atoms with Gasteiger partial charge in [-0.25, -0.2) is 8.42 Å². The Morgan fingerprint density at radius 2 is 2.00 bits per heavy atom. The molecule has 4 nitrogen and oxygen atoms in total. The molecule has 1 aliphatic rings. The van der Waals surface area contributed by atoms with E-state index < -0.39 is 10.0 Å². The van der Waals surface area contributed by atoms with Crippen LogP contribution in [0.5, 0.6) is 0 Å². The van der Waals surface area contributed by atoms with E-state index in [1.54, 1.807) is 4.31 Å². The second kappa shape index (κ2) is 8.12. The number of hydrogen-bond acceptors (Lipinski definition) is 3. The van der Waals surface area contributed by atoms with E-state index in [0.717, 1.165) is 45.2 Å². The first-order chi connectivity index (χ1) is 8.58. The lowest BCUT2D eigenvalue weighted by Crippen LogP contribution is -2.40. The number of rotatable bonds is 7. The highest BCUT2D eigenvalue weighted by Crippen LogP contribution is 2.20. The first kappa shape index (κ1) is 15.9. The van der Waals surface area contributed by atoms with Crippen molar-refractivity contribution in [2.45, 2.75) is 58.4 Å². The van der Waals surface area contributed by atoms with Crippen LogP contribution in [0.1, 0.15) is 52.4 Å². The summed E-state index contributed by atoms with van der Waals surface area (Å²) in [4.78, 5) is 0. The highest BCUT2D eigenvalue weighted by Gasteiger charge is 2.27. The van der Waals surface area contributed by atoms with Gasteiger partial charge < -0.3 is 5.32 Å². The van der Waals surface area contributed by atoms with Crippen molar-refractivity contribution in [3.05, 3.63) is 0 Å². The smallest absolute Gasteiger partial charge is 0.214 e. The van der Waals surface area contributed by atoms with Crippen LogP contribution in [-0.2, 0) is 10.0 Å². The molecule has 1 unspecified atom stereocenters. The van der Waals surface area contributed by atoms with Crippen molar-refractivity contribution in [2.75, 3.05) is 25.4 Å². The molecule has 0 radical (unpaired) electrons. The maximum atomic E-state index is 12.3. The summed E-state index contributed by atoms with van der Waals surface area (Å²) in [5, 5.41) is 3.25. The molecule has 0 saturated carbocycles. The molecule has 0 aliphatic carbocycles. The molecular weight excluding hydrogens is 248 g/mol. The predicted octanol–water partition coefficient (Wildman–Crippen LogP) is 1.97. The highest BCUT2D eigenvalue weighted by molar-refractivity contribution is 7.89. The topological polar surface area (TPSA) is 49.4 Å². The Bertz CT molecular complexity index is 317. The summed E-state index contributed by atoms with van der Waals surface area (Å²) in [5.74, 6) is 0.286. The number of nitrogens with one attached hydrogen (secondary N) is 1. The van der Waals surface area contributed by atoms with Gasteiger partial charge in [-0.05, 0) is 45.7 Å². The largest absolute Gasteiger partial charge is 0.317 e. The molecule has 1 N–H and O–H groups in total. The zero-order valence-corrected chi connectivity index (χ0v) is 12.6. The van der Waals surface area contributed by atoms with E-state index in [0.29, 0.717) is 13.0 Å². The van der Waals surface area contributed by atoms with E-state index in [1.807, 2.05) is 6.92 Å². The average Bonchev–Trinajstić information content (AvgIpc) is 2.54. The minimum Gasteiger partial charge on any atom is -0.317 e. The fraction of sp³-hybridized carbons (Fsp3) is 1.00. The zero-order chi connectivity index (χ0) is 13.4. The third-order valence-electron chi connectivity index (χ3n) is 3.53. The first-order valence-electron chi connectivity index (χ1n) is 7.28. The Balaban J connectivity index is 2.40. The molecule has 1 aliphatic heterocycles. The summed E-state index contributed by atoms with van der Waals surface area (Å²) < 4.78 is 26.3. The molecule has 1 rings (SSSR count). The molecular formula is C13H28N2O2S. The van der Waals surface area contributed by atoms with Crippen molar-refractivity contribution in [3.8, 4) is 0 Å². The molecule has 0 spiro atoms. The molecule has 108 valence electrons. The summed E-state index contributed by atoms with van der Waals surface area (Å²) in [6.07, 6.45) is 6.14. The summed E-state index contributed by atoms with van der Waals surface area (Å²) in [6.45, 7) is 6.64. The van der Waals surface area contributed by atoms with Crippen molar-refractivity contribution in [3.63, 3.8) is 0 Å². The van der Waals surface area contributed by atoms with E-state index in [1.165, 1.54) is 0 Å². The number of nitrogens with zero attached hydrogens (tertiary/aromatic N) is 1. The van der Waals surface area contributed by atoms with Gasteiger partial charge in [-0.2, -0.15) is 4.31 Å². The second-order valence-electron chi connectivity index (χ2n) is 5.23. The van der Waals surface area contributed by atoms with Crippen LogP contribution in [0, 0.1) is 0 Å². The molecule has 18 heavy (non-hydrogen) atoms. The van der Waals surface area contributed by atoms with Crippen molar-refractivity contribution in [1.29, 1.82) is 0 Å². The van der Waals surface area contributed by atoms with Crippen molar-refractivity contribution in [1.82, 2.24) is 9.62 Å². The first-order valence-corrected chi connectivity index (χ1v) is 8.89. The van der Waals surface area contributed by atoms with Gasteiger partial charge in [0.05, 0.1) is 5.75 Å². The number of sulfonamides is 1. The van der Waals surface area contributed by atoms with Crippen molar-refractivity contribution >= 4 is 10.0 Å². The van der Waals surface area contributed by atoms with E-state index in [4.69, 9.17) is 0 Å². The van der Waals surface area contributed by atoms with Crippen LogP contribution in [0.15, 0.2) is 0 Å². The Morgan fingerprint density at radius 1 is 1.22 bits per heavy atom. The lowest BCUT2D eigenvalue weighted by atomic mass is 10.1. The molecule has 1 atom stereocenters. The van der Waals surface area contributed by atoms with Crippen molar-refractivity contribution in [2.24, 2.45) is 0 Å². The quantitative estimate of drug-likeness (QED) is 0.723. The third kappa shape index (κ3) is 5.24. The molecule has 0 amide bonds. The highest BCUT2D eigenvalue weighted by atomic mass is 32.2. The third-order valence-corrected chi connectivity index (χ3v) is 5.59. The van der Waals surface area contributed by atoms with Gasteiger partial charge >= 0.3 is 0 Å². The molecule has 1 saturated heterocycles. The fourth-order valence-electron chi connectivity index (χ4n) is 2.46. The Morgan fingerprint density at radius 3 is 2.72 bits per heavy atom. The minimum atomic E-state index is -3.05. The molecule has 1 fully saturated rings. The maximum absolute atomic E-state index is 12.3. The van der Waals surface area contributed by atoms with E-state index in [2.05, 4.69) is 12.2 Å². The molecule has 0 bridgehead atoms. The van der Waals surface area contributed by atoms with E-state index in [-0.39, 0.29) is 11.8 Å². The SMILES string of the molecule is CCCNCCCS(=O)(=O)N1CCCCCC1C. The van der Waals surface area contributed by atoms with Gasteiger partial charge in [0.25, 0.3) is 0 Å². The lowest BCUT2D eigenvalue weighted by molar-refractivity contribution is 0.341. The van der Waals surface area contributed by atoms with E-state index >= 15 is 0 Å². The van der Waals surface area contributed by atoms with Crippen LogP contribution in [0.2, 0.25) is 0 Å². The van der Waals surface area contributed by atoms with Gasteiger partial charge in [0.2, 0.25) is 10.0 Å². The van der Waals surface area contributed by atoms with Crippen LogP contribution in [0.25, 0.3) is 0 Å². The molecule has 0 aromatic carbocycles. The molecule has 0 aromatic heterocycles. The fourth-order valence-corrected chi connectivity index (χ4v) is 4.27. The summed E-state index contributed by atoms with van der Waals surface area (Å²) in [5.41, 5.74) is 0. The van der Waals surface area contributed by atoms with Crippen LogP contribution < -0.4 is 5.32 Å². The standard InChI is InChI=1S/C13H28N2O2S/c1-3-9-14-10-7-12-18(16,17)15-11-6-4-5-8-13(15)2/h13-14H,3-12H2,1-2H3. The van der Waals surface area contributed by atoms with Gasteiger partial charge in [0.1, 0.15) is 0 Å². The molecule has 1 heterocycles. The zero-order valence-electron chi connectivity index (χ0n) is 11.8. The van der Waals surface area contributed by atoms with Crippen LogP contribution in [0.4, 0.5) is 0 Å². The normalized spacial score (nSPS) is 22.9. The van der Waals surface area contributed by atoms with Gasteiger partial charge in [-0.1, -0.05) is 19.8 Å². The summed E-state index contributed by atoms with van der Waals surface area (Å²) >= 11 is 0. The van der Waals surface area contributed by atoms with Crippen molar-refractivity contribution < 1.29 is 8.42 Å². The Hall–Kier alpha value is -0.130. The number of hydrogen-bond donors (Lipinski definition) is 1. The maximum Gasteiger partial charge on any atom is 0.214 e. The minimum absolute atomic E-state index is 0.182. The lowest BCUT2D eigenvalue weighted by Gasteiger charge is -2.26. The summed E-state index contributed by atoms with van der Waals surface area (Å²) in [6, 6.07) is 0.182. The Labute approximate surface area is 112 Å². The van der Waals surface area contributed by atoms with Crippen LogP contribution in [-0.4, -0.2) is 44.2 Å². The predicted molar refractivity (Wildman–Crippen MR) is 76.2 cm³/mol. The summed E-state index contributed by atoms with van der Waals surface area (Å²) in [7, 11) is -3.05. The van der Waals surface area contributed by atoms with Gasteiger partial charge in [-0.3, -0.25) is 0 Å². The Kier molecular flexibility index (Phi) is 7.19.